The maximum Gasteiger partial charge on any atom is 0.416 e. The Morgan fingerprint density at radius 2 is 1.72 bits per heavy atom. The maximum atomic E-state index is 12.6. The zero-order valence-corrected chi connectivity index (χ0v) is 13.7. The Hall–Kier alpha value is -2.06. The van der Waals surface area contributed by atoms with Gasteiger partial charge in [-0.3, -0.25) is 0 Å². The summed E-state index contributed by atoms with van der Waals surface area (Å²) in [6.45, 7) is 0.00462. The summed E-state index contributed by atoms with van der Waals surface area (Å²) >= 11 is 0. The van der Waals surface area contributed by atoms with Gasteiger partial charge in [0.1, 0.15) is 10.6 Å². The number of benzene rings is 2. The summed E-state index contributed by atoms with van der Waals surface area (Å²) in [5.74, 6) is 0.214. The van der Waals surface area contributed by atoms with Crippen LogP contribution in [-0.4, -0.2) is 20.1 Å². The highest BCUT2D eigenvalue weighted by atomic mass is 32.2. The second kappa shape index (κ2) is 6.34. The van der Waals surface area contributed by atoms with E-state index in [2.05, 4.69) is 0 Å². The van der Waals surface area contributed by atoms with Gasteiger partial charge in [-0.1, -0.05) is 18.2 Å². The molecule has 134 valence electrons. The maximum absolute atomic E-state index is 12.6. The molecule has 1 saturated carbocycles. The third-order valence-corrected chi connectivity index (χ3v) is 5.39. The van der Waals surface area contributed by atoms with Crippen LogP contribution in [0, 0.1) is 5.92 Å². The summed E-state index contributed by atoms with van der Waals surface area (Å²) in [6, 6.07) is 9.69. The van der Waals surface area contributed by atoms with E-state index >= 15 is 0 Å². The molecular formula is C17H15F3O4S. The van der Waals surface area contributed by atoms with Gasteiger partial charge in [0.15, 0.2) is 0 Å². The van der Waals surface area contributed by atoms with Gasteiger partial charge in [-0.2, -0.15) is 21.6 Å². The molecule has 2 aromatic rings. The van der Waals surface area contributed by atoms with Crippen LogP contribution in [0.5, 0.6) is 5.75 Å². The molecule has 0 aliphatic heterocycles. The smallest absolute Gasteiger partial charge is 0.396 e. The van der Waals surface area contributed by atoms with Gasteiger partial charge in [0, 0.05) is 6.61 Å². The van der Waals surface area contributed by atoms with Crippen molar-refractivity contribution in [3.8, 4) is 5.75 Å². The first-order valence-electron chi connectivity index (χ1n) is 7.54. The highest BCUT2D eigenvalue weighted by Crippen LogP contribution is 2.50. The number of hydrogen-bond donors (Lipinski definition) is 1. The monoisotopic (exact) mass is 372 g/mol. The first kappa shape index (κ1) is 17.8. The van der Waals surface area contributed by atoms with E-state index in [9.17, 15) is 26.7 Å². The van der Waals surface area contributed by atoms with Crippen LogP contribution < -0.4 is 4.18 Å². The average molecular weight is 372 g/mol. The van der Waals surface area contributed by atoms with Crippen LogP contribution in [0.4, 0.5) is 13.2 Å². The Bertz CT molecular complexity index is 860. The quantitative estimate of drug-likeness (QED) is 0.815. The second-order valence-electron chi connectivity index (χ2n) is 5.88. The number of alkyl halides is 3. The van der Waals surface area contributed by atoms with Crippen molar-refractivity contribution in [2.75, 3.05) is 6.61 Å². The summed E-state index contributed by atoms with van der Waals surface area (Å²) in [7, 11) is -4.26. The molecule has 3 rings (SSSR count). The third kappa shape index (κ3) is 3.80. The van der Waals surface area contributed by atoms with E-state index in [0.29, 0.717) is 17.7 Å². The molecule has 0 saturated heterocycles. The summed E-state index contributed by atoms with van der Waals surface area (Å²) in [4.78, 5) is -0.357. The largest absolute Gasteiger partial charge is 0.416 e. The lowest BCUT2D eigenvalue weighted by atomic mass is 10.1. The van der Waals surface area contributed by atoms with Crippen molar-refractivity contribution in [3.63, 3.8) is 0 Å². The van der Waals surface area contributed by atoms with Gasteiger partial charge < -0.3 is 9.29 Å². The van der Waals surface area contributed by atoms with Gasteiger partial charge in [0.25, 0.3) is 0 Å². The number of hydrogen-bond acceptors (Lipinski definition) is 4. The highest BCUT2D eigenvalue weighted by Gasteiger charge is 2.40. The SMILES string of the molecule is O=S(=O)(Oc1ccccc1C1CC1CO)c1ccc(C(F)(F)F)cc1. The van der Waals surface area contributed by atoms with Crippen molar-refractivity contribution >= 4 is 10.1 Å². The van der Waals surface area contributed by atoms with Crippen LogP contribution in [0.2, 0.25) is 0 Å². The molecule has 0 amide bonds. The van der Waals surface area contributed by atoms with Crippen LogP contribution in [0.25, 0.3) is 0 Å². The molecule has 1 aliphatic carbocycles. The third-order valence-electron chi connectivity index (χ3n) is 4.15. The Morgan fingerprint density at radius 1 is 1.08 bits per heavy atom. The lowest BCUT2D eigenvalue weighted by Gasteiger charge is -2.12. The van der Waals surface area contributed by atoms with E-state index in [4.69, 9.17) is 4.18 Å². The molecule has 8 heteroatoms. The zero-order valence-electron chi connectivity index (χ0n) is 12.9. The van der Waals surface area contributed by atoms with Crippen molar-refractivity contribution in [1.82, 2.24) is 0 Å². The van der Waals surface area contributed by atoms with Gasteiger partial charge in [-0.05, 0) is 54.2 Å². The zero-order chi connectivity index (χ0) is 18.2. The minimum atomic E-state index is -4.54. The molecule has 0 aromatic heterocycles. The van der Waals surface area contributed by atoms with Crippen LogP contribution in [0.3, 0.4) is 0 Å². The predicted molar refractivity (Wildman–Crippen MR) is 83.6 cm³/mol. The van der Waals surface area contributed by atoms with Gasteiger partial charge >= 0.3 is 16.3 Å². The van der Waals surface area contributed by atoms with Crippen LogP contribution in [0.1, 0.15) is 23.5 Å². The number of para-hydroxylation sites is 1. The molecule has 4 nitrogen and oxygen atoms in total. The summed E-state index contributed by atoms with van der Waals surface area (Å²) in [5, 5.41) is 9.18. The molecule has 1 aliphatic rings. The first-order valence-corrected chi connectivity index (χ1v) is 8.95. The topological polar surface area (TPSA) is 63.6 Å². The van der Waals surface area contributed by atoms with E-state index in [0.717, 1.165) is 18.6 Å². The number of rotatable bonds is 5. The van der Waals surface area contributed by atoms with Crippen molar-refractivity contribution in [2.24, 2.45) is 5.92 Å². The highest BCUT2D eigenvalue weighted by molar-refractivity contribution is 7.87. The molecule has 2 unspecified atom stereocenters. The van der Waals surface area contributed by atoms with Crippen molar-refractivity contribution < 1.29 is 30.9 Å². The van der Waals surface area contributed by atoms with Crippen molar-refractivity contribution in [2.45, 2.75) is 23.4 Å². The van der Waals surface area contributed by atoms with Crippen LogP contribution >= 0.6 is 0 Å². The fourth-order valence-electron chi connectivity index (χ4n) is 2.67. The predicted octanol–water partition coefficient (Wildman–Crippen LogP) is 3.57. The molecule has 2 atom stereocenters. The summed E-state index contributed by atoms with van der Waals surface area (Å²) in [6.07, 6.45) is -3.81. The molecule has 1 fully saturated rings. The van der Waals surface area contributed by atoms with Crippen LogP contribution in [0.15, 0.2) is 53.4 Å². The number of aliphatic hydroxyl groups excluding tert-OH is 1. The van der Waals surface area contributed by atoms with E-state index in [1.165, 1.54) is 6.07 Å². The molecule has 1 N–H and O–H groups in total. The van der Waals surface area contributed by atoms with Crippen LogP contribution in [-0.2, 0) is 16.3 Å². The molecule has 0 spiro atoms. The lowest BCUT2D eigenvalue weighted by Crippen LogP contribution is -2.12. The molecular weight excluding hydrogens is 357 g/mol. The Balaban J connectivity index is 1.85. The molecule has 0 heterocycles. The van der Waals surface area contributed by atoms with Gasteiger partial charge in [-0.15, -0.1) is 0 Å². The Kier molecular flexibility index (Phi) is 4.51. The minimum absolute atomic E-state index is 0.00462. The van der Waals surface area contributed by atoms with E-state index in [1.54, 1.807) is 18.2 Å². The fraction of sp³-hybridized carbons (Fsp3) is 0.294. The first-order chi connectivity index (χ1) is 11.7. The fourth-order valence-corrected chi connectivity index (χ4v) is 3.62. The molecule has 2 aromatic carbocycles. The average Bonchev–Trinajstić information content (AvgIpc) is 3.34. The summed E-state index contributed by atoms with van der Waals surface area (Å²) < 4.78 is 67.6. The van der Waals surface area contributed by atoms with Crippen molar-refractivity contribution in [3.05, 3.63) is 59.7 Å². The minimum Gasteiger partial charge on any atom is -0.396 e. The van der Waals surface area contributed by atoms with Gasteiger partial charge in [-0.25, -0.2) is 0 Å². The van der Waals surface area contributed by atoms with E-state index in [1.807, 2.05) is 0 Å². The number of halogens is 3. The van der Waals surface area contributed by atoms with Gasteiger partial charge in [0.2, 0.25) is 0 Å². The molecule has 25 heavy (non-hydrogen) atoms. The number of aliphatic hydroxyl groups is 1. The van der Waals surface area contributed by atoms with Crippen molar-refractivity contribution in [1.29, 1.82) is 0 Å². The molecule has 0 bridgehead atoms. The van der Waals surface area contributed by atoms with Gasteiger partial charge in [0.05, 0.1) is 5.56 Å². The Morgan fingerprint density at radius 3 is 2.28 bits per heavy atom. The normalized spacial score (nSPS) is 20.3. The standard InChI is InChI=1S/C17H15F3O4S/c18-17(19,20)12-5-7-13(8-6-12)25(22,23)24-16-4-2-1-3-14(16)15-9-11(15)10-21/h1-8,11,15,21H,9-10H2. The van der Waals surface area contributed by atoms with E-state index < -0.39 is 21.9 Å². The lowest BCUT2D eigenvalue weighted by molar-refractivity contribution is -0.137. The van der Waals surface area contributed by atoms with E-state index in [-0.39, 0.29) is 29.1 Å². The molecule has 0 radical (unpaired) electrons. The Labute approximate surface area is 143 Å². The summed E-state index contributed by atoms with van der Waals surface area (Å²) in [5.41, 5.74) is -0.271. The second-order valence-corrected chi connectivity index (χ2v) is 7.43.